The van der Waals surface area contributed by atoms with Gasteiger partial charge in [-0.2, -0.15) is 0 Å². The van der Waals surface area contributed by atoms with E-state index < -0.39 is 0 Å². The van der Waals surface area contributed by atoms with Crippen LogP contribution < -0.4 is 10.6 Å². The number of amides is 2. The molecule has 0 bridgehead atoms. The van der Waals surface area contributed by atoms with E-state index in [2.05, 4.69) is 15.5 Å². The first kappa shape index (κ1) is 19.9. The van der Waals surface area contributed by atoms with Crippen molar-refractivity contribution in [2.45, 2.75) is 32.7 Å². The van der Waals surface area contributed by atoms with Crippen LogP contribution in [0.5, 0.6) is 5.75 Å². The molecule has 3 rings (SSSR count). The van der Waals surface area contributed by atoms with Crippen molar-refractivity contribution in [3.8, 4) is 5.75 Å². The van der Waals surface area contributed by atoms with Gasteiger partial charge in [0.15, 0.2) is 0 Å². The predicted octanol–water partition coefficient (Wildman–Crippen LogP) is 3.38. The van der Waals surface area contributed by atoms with Gasteiger partial charge in [0.2, 0.25) is 11.8 Å². The normalized spacial score (nSPS) is 16.4. The number of anilines is 2. The Kier molecular flexibility index (Phi) is 6.31. The van der Waals surface area contributed by atoms with Crippen molar-refractivity contribution in [3.05, 3.63) is 54.1 Å². The number of aromatic hydroxyl groups is 1. The fourth-order valence-electron chi connectivity index (χ4n) is 3.50. The van der Waals surface area contributed by atoms with Crippen molar-refractivity contribution in [1.29, 1.82) is 0 Å². The first-order valence-corrected chi connectivity index (χ1v) is 9.64. The summed E-state index contributed by atoms with van der Waals surface area (Å²) in [5.74, 6) is -0.182. The number of piperidine rings is 1. The van der Waals surface area contributed by atoms with Gasteiger partial charge in [-0.05, 0) is 69.6 Å². The summed E-state index contributed by atoms with van der Waals surface area (Å²) < 4.78 is 0. The zero-order valence-electron chi connectivity index (χ0n) is 16.3. The number of nitrogens with one attached hydrogen (secondary N) is 2. The fourth-order valence-corrected chi connectivity index (χ4v) is 3.50. The minimum Gasteiger partial charge on any atom is -0.506 e. The highest BCUT2D eigenvalue weighted by Crippen LogP contribution is 2.25. The number of hydrogen-bond donors (Lipinski definition) is 3. The Balaban J connectivity index is 1.50. The molecule has 6 nitrogen and oxygen atoms in total. The van der Waals surface area contributed by atoms with E-state index >= 15 is 0 Å². The van der Waals surface area contributed by atoms with Gasteiger partial charge in [0.05, 0.1) is 11.7 Å². The van der Waals surface area contributed by atoms with E-state index in [1.54, 1.807) is 24.3 Å². The quantitative estimate of drug-likeness (QED) is 0.694. The van der Waals surface area contributed by atoms with Crippen LogP contribution in [0.3, 0.4) is 0 Å². The number of aryl methyl sites for hydroxylation is 1. The van der Waals surface area contributed by atoms with Crippen molar-refractivity contribution in [3.63, 3.8) is 0 Å². The molecule has 0 unspecified atom stereocenters. The van der Waals surface area contributed by atoms with E-state index in [-0.39, 0.29) is 29.5 Å². The van der Waals surface area contributed by atoms with Crippen LogP contribution in [-0.4, -0.2) is 41.0 Å². The van der Waals surface area contributed by atoms with Gasteiger partial charge in [-0.3, -0.25) is 14.5 Å². The summed E-state index contributed by atoms with van der Waals surface area (Å²) in [7, 11) is 0. The lowest BCUT2D eigenvalue weighted by Crippen LogP contribution is -2.47. The van der Waals surface area contributed by atoms with Crippen LogP contribution in [0.15, 0.2) is 48.5 Å². The second-order valence-electron chi connectivity index (χ2n) is 7.35. The van der Waals surface area contributed by atoms with Gasteiger partial charge in [-0.25, -0.2) is 0 Å². The summed E-state index contributed by atoms with van der Waals surface area (Å²) in [5, 5.41) is 15.6. The van der Waals surface area contributed by atoms with Crippen molar-refractivity contribution in [2.75, 3.05) is 23.7 Å². The largest absolute Gasteiger partial charge is 0.506 e. The van der Waals surface area contributed by atoms with Gasteiger partial charge in [0.1, 0.15) is 5.75 Å². The monoisotopic (exact) mass is 381 g/mol. The van der Waals surface area contributed by atoms with Crippen LogP contribution in [0.2, 0.25) is 0 Å². The number of likely N-dealkylation sites (tertiary alicyclic amines) is 1. The number of carbonyl (C=O) groups is 2. The Morgan fingerprint density at radius 1 is 1.07 bits per heavy atom. The first-order chi connectivity index (χ1) is 13.4. The Bertz CT molecular complexity index is 844. The van der Waals surface area contributed by atoms with E-state index in [0.29, 0.717) is 31.6 Å². The van der Waals surface area contributed by atoms with Gasteiger partial charge in [0.25, 0.3) is 0 Å². The Labute approximate surface area is 165 Å². The van der Waals surface area contributed by atoms with Crippen LogP contribution in [0.1, 0.15) is 25.3 Å². The van der Waals surface area contributed by atoms with Crippen molar-refractivity contribution in [1.82, 2.24) is 4.90 Å². The average Bonchev–Trinajstić information content (AvgIpc) is 2.69. The molecule has 0 spiro atoms. The zero-order valence-corrected chi connectivity index (χ0v) is 16.3. The standard InChI is InChI=1S/C22H27N3O3/c1-15-6-5-7-18(14-15)23-21(27)16(2)25-12-10-17(11-13-25)22(28)24-19-8-3-4-9-20(19)26/h3-9,14,16-17,26H,10-13H2,1-2H3,(H,23,27)(H,24,28)/t16-/m1/s1. The smallest absolute Gasteiger partial charge is 0.241 e. The molecule has 2 amide bonds. The molecular formula is C22H27N3O3. The van der Waals surface area contributed by atoms with E-state index in [1.807, 2.05) is 38.1 Å². The number of nitrogens with zero attached hydrogens (tertiary/aromatic N) is 1. The highest BCUT2D eigenvalue weighted by molar-refractivity contribution is 5.95. The highest BCUT2D eigenvalue weighted by Gasteiger charge is 2.30. The molecule has 6 heteroatoms. The maximum Gasteiger partial charge on any atom is 0.241 e. The molecule has 3 N–H and O–H groups in total. The van der Waals surface area contributed by atoms with Gasteiger partial charge < -0.3 is 15.7 Å². The third-order valence-electron chi connectivity index (χ3n) is 5.28. The molecule has 2 aromatic rings. The van der Waals surface area contributed by atoms with E-state index in [9.17, 15) is 14.7 Å². The molecule has 148 valence electrons. The fraction of sp³-hybridized carbons (Fsp3) is 0.364. The Morgan fingerprint density at radius 3 is 2.46 bits per heavy atom. The summed E-state index contributed by atoms with van der Waals surface area (Å²) in [4.78, 5) is 27.1. The van der Waals surface area contributed by atoms with Crippen LogP contribution in [-0.2, 0) is 9.59 Å². The molecule has 1 aliphatic heterocycles. The summed E-state index contributed by atoms with van der Waals surface area (Å²) in [6, 6.07) is 14.2. The molecular weight excluding hydrogens is 354 g/mol. The second kappa shape index (κ2) is 8.89. The van der Waals surface area contributed by atoms with Crippen LogP contribution in [0.25, 0.3) is 0 Å². The summed E-state index contributed by atoms with van der Waals surface area (Å²) in [5.41, 5.74) is 2.33. The van der Waals surface area contributed by atoms with Crippen molar-refractivity contribution >= 4 is 23.2 Å². The number of carbonyl (C=O) groups excluding carboxylic acids is 2. The lowest BCUT2D eigenvalue weighted by Gasteiger charge is -2.34. The van der Waals surface area contributed by atoms with Gasteiger partial charge >= 0.3 is 0 Å². The van der Waals surface area contributed by atoms with Gasteiger partial charge in [0, 0.05) is 11.6 Å². The highest BCUT2D eigenvalue weighted by atomic mass is 16.3. The van der Waals surface area contributed by atoms with E-state index in [1.165, 1.54) is 0 Å². The molecule has 28 heavy (non-hydrogen) atoms. The molecule has 1 heterocycles. The number of hydrogen-bond acceptors (Lipinski definition) is 4. The number of para-hydroxylation sites is 2. The van der Waals surface area contributed by atoms with Crippen molar-refractivity contribution < 1.29 is 14.7 Å². The Hall–Kier alpha value is -2.86. The topological polar surface area (TPSA) is 81.7 Å². The maximum atomic E-state index is 12.6. The maximum absolute atomic E-state index is 12.6. The van der Waals surface area contributed by atoms with E-state index in [0.717, 1.165) is 11.3 Å². The Morgan fingerprint density at radius 2 is 1.79 bits per heavy atom. The van der Waals surface area contributed by atoms with Crippen LogP contribution in [0.4, 0.5) is 11.4 Å². The van der Waals surface area contributed by atoms with Crippen LogP contribution in [0, 0.1) is 12.8 Å². The summed E-state index contributed by atoms with van der Waals surface area (Å²) in [6.07, 6.45) is 1.36. The minimum atomic E-state index is -0.261. The molecule has 1 saturated heterocycles. The van der Waals surface area contributed by atoms with Crippen molar-refractivity contribution in [2.24, 2.45) is 5.92 Å². The SMILES string of the molecule is Cc1cccc(NC(=O)[C@@H](C)N2CCC(C(=O)Nc3ccccc3O)CC2)c1. The third-order valence-corrected chi connectivity index (χ3v) is 5.28. The minimum absolute atomic E-state index is 0.0392. The molecule has 0 radical (unpaired) electrons. The molecule has 0 aromatic heterocycles. The number of phenolic OH excluding ortho intramolecular Hbond substituents is 1. The third kappa shape index (κ3) is 4.89. The van der Waals surface area contributed by atoms with E-state index in [4.69, 9.17) is 0 Å². The number of benzene rings is 2. The molecule has 1 aliphatic rings. The summed E-state index contributed by atoms with van der Waals surface area (Å²) in [6.45, 7) is 5.25. The lowest BCUT2D eigenvalue weighted by atomic mass is 9.94. The summed E-state index contributed by atoms with van der Waals surface area (Å²) >= 11 is 0. The zero-order chi connectivity index (χ0) is 20.1. The van der Waals surface area contributed by atoms with Gasteiger partial charge in [-0.1, -0.05) is 24.3 Å². The number of phenols is 1. The molecule has 1 atom stereocenters. The lowest BCUT2D eigenvalue weighted by molar-refractivity contribution is -0.123. The first-order valence-electron chi connectivity index (χ1n) is 9.64. The second-order valence-corrected chi connectivity index (χ2v) is 7.35. The van der Waals surface area contributed by atoms with Crippen LogP contribution >= 0.6 is 0 Å². The molecule has 0 aliphatic carbocycles. The molecule has 2 aromatic carbocycles. The molecule has 0 saturated carbocycles. The van der Waals surface area contributed by atoms with Gasteiger partial charge in [-0.15, -0.1) is 0 Å². The average molecular weight is 381 g/mol. The number of rotatable bonds is 5. The predicted molar refractivity (Wildman–Crippen MR) is 110 cm³/mol. The molecule has 1 fully saturated rings.